The van der Waals surface area contributed by atoms with Crippen molar-refractivity contribution in [3.05, 3.63) is 0 Å². The second-order valence-corrected chi connectivity index (χ2v) is 9.12. The van der Waals surface area contributed by atoms with Crippen LogP contribution in [0.15, 0.2) is 0 Å². The van der Waals surface area contributed by atoms with Gasteiger partial charge >= 0.3 is 0 Å². The van der Waals surface area contributed by atoms with Crippen molar-refractivity contribution in [2.75, 3.05) is 6.54 Å². The van der Waals surface area contributed by atoms with E-state index < -0.39 is 0 Å². The Labute approximate surface area is 125 Å². The van der Waals surface area contributed by atoms with Gasteiger partial charge in [-0.1, -0.05) is 26.7 Å². The Kier molecular flexibility index (Phi) is 3.41. The molecule has 20 heavy (non-hydrogen) atoms. The van der Waals surface area contributed by atoms with E-state index in [0.29, 0.717) is 11.5 Å². The lowest BCUT2D eigenvalue weighted by Gasteiger charge is -2.42. The van der Waals surface area contributed by atoms with E-state index in [-0.39, 0.29) is 0 Å². The molecule has 0 amide bonds. The van der Waals surface area contributed by atoms with Crippen LogP contribution >= 0.6 is 0 Å². The molecule has 4 bridgehead atoms. The molecule has 0 saturated heterocycles. The Balaban J connectivity index is 1.47. The molecule has 1 N–H and O–H groups in total. The first-order valence-corrected chi connectivity index (χ1v) is 9.38. The number of nitrogens with one attached hydrogen (secondary N) is 1. The standard InChI is InChI=1S/C19H33N/c1-13(2)20-12-19(10-15-4-6-18(19)9-15)11-17-8-14-3-5-16(17)7-14/h13-18,20H,3-12H2,1-2H3. The van der Waals surface area contributed by atoms with Gasteiger partial charge in [0.05, 0.1) is 0 Å². The monoisotopic (exact) mass is 275 g/mol. The van der Waals surface area contributed by atoms with Crippen molar-refractivity contribution < 1.29 is 0 Å². The van der Waals surface area contributed by atoms with Gasteiger partial charge in [-0.3, -0.25) is 0 Å². The van der Waals surface area contributed by atoms with Crippen LogP contribution < -0.4 is 5.32 Å². The first-order valence-electron chi connectivity index (χ1n) is 9.38. The van der Waals surface area contributed by atoms with Crippen molar-refractivity contribution in [2.45, 2.75) is 77.7 Å². The maximum atomic E-state index is 3.83. The van der Waals surface area contributed by atoms with E-state index in [9.17, 15) is 0 Å². The number of hydrogen-bond acceptors (Lipinski definition) is 1. The first kappa shape index (κ1) is 13.6. The fourth-order valence-corrected chi connectivity index (χ4v) is 6.65. The smallest absolute Gasteiger partial charge is 0.00130 e. The highest BCUT2D eigenvalue weighted by atomic mass is 14.9. The summed E-state index contributed by atoms with van der Waals surface area (Å²) in [6.45, 7) is 5.95. The van der Waals surface area contributed by atoms with Gasteiger partial charge in [0.15, 0.2) is 0 Å². The molecule has 4 fully saturated rings. The van der Waals surface area contributed by atoms with E-state index in [1.54, 1.807) is 57.8 Å². The Morgan fingerprint density at radius 3 is 2.40 bits per heavy atom. The molecule has 1 heteroatoms. The molecule has 0 aromatic heterocycles. The van der Waals surface area contributed by atoms with Gasteiger partial charge in [-0.25, -0.2) is 0 Å². The minimum absolute atomic E-state index is 0.658. The Morgan fingerprint density at radius 1 is 1.00 bits per heavy atom. The van der Waals surface area contributed by atoms with Crippen LogP contribution in [0.2, 0.25) is 0 Å². The van der Waals surface area contributed by atoms with Gasteiger partial charge in [0.1, 0.15) is 0 Å². The summed E-state index contributed by atoms with van der Waals surface area (Å²) in [5.41, 5.74) is 0.697. The summed E-state index contributed by atoms with van der Waals surface area (Å²) in [5.74, 6) is 5.50. The van der Waals surface area contributed by atoms with Crippen molar-refractivity contribution in [3.63, 3.8) is 0 Å². The van der Waals surface area contributed by atoms with E-state index in [1.165, 1.54) is 6.54 Å². The highest BCUT2D eigenvalue weighted by Gasteiger charge is 2.53. The average molecular weight is 275 g/mol. The average Bonchev–Trinajstić information content (AvgIpc) is 3.16. The largest absolute Gasteiger partial charge is 0.314 e. The zero-order valence-electron chi connectivity index (χ0n) is 13.5. The second-order valence-electron chi connectivity index (χ2n) is 9.12. The molecule has 4 aliphatic carbocycles. The van der Waals surface area contributed by atoms with Crippen LogP contribution in [0.1, 0.15) is 71.6 Å². The molecule has 0 heterocycles. The molecule has 4 aliphatic rings. The Morgan fingerprint density at radius 2 is 1.85 bits per heavy atom. The zero-order valence-corrected chi connectivity index (χ0v) is 13.5. The number of hydrogen-bond donors (Lipinski definition) is 1. The van der Waals surface area contributed by atoms with E-state index in [0.717, 1.165) is 29.6 Å². The van der Waals surface area contributed by atoms with Crippen molar-refractivity contribution >= 4 is 0 Å². The highest BCUT2D eigenvalue weighted by molar-refractivity contribution is 5.04. The minimum atomic E-state index is 0.658. The molecule has 4 saturated carbocycles. The summed E-state index contributed by atoms with van der Waals surface area (Å²) >= 11 is 0. The summed E-state index contributed by atoms with van der Waals surface area (Å²) in [5, 5.41) is 3.83. The second kappa shape index (κ2) is 5.00. The summed E-state index contributed by atoms with van der Waals surface area (Å²) in [6.07, 6.45) is 14.1. The number of fused-ring (bicyclic) bond motifs is 4. The zero-order chi connectivity index (χ0) is 13.7. The third-order valence-corrected chi connectivity index (χ3v) is 7.52. The predicted molar refractivity (Wildman–Crippen MR) is 84.6 cm³/mol. The van der Waals surface area contributed by atoms with Crippen LogP contribution in [0.3, 0.4) is 0 Å². The summed E-state index contributed by atoms with van der Waals surface area (Å²) in [6, 6.07) is 0.658. The normalized spacial score (nSPS) is 49.6. The topological polar surface area (TPSA) is 12.0 Å². The number of rotatable bonds is 5. The van der Waals surface area contributed by atoms with Crippen LogP contribution in [0.4, 0.5) is 0 Å². The van der Waals surface area contributed by atoms with Crippen LogP contribution in [-0.4, -0.2) is 12.6 Å². The van der Waals surface area contributed by atoms with Crippen LogP contribution in [0.25, 0.3) is 0 Å². The maximum absolute atomic E-state index is 3.83. The first-order chi connectivity index (χ1) is 9.64. The van der Waals surface area contributed by atoms with Gasteiger partial charge in [-0.15, -0.1) is 0 Å². The summed E-state index contributed by atoms with van der Waals surface area (Å²) in [7, 11) is 0. The van der Waals surface area contributed by atoms with Crippen molar-refractivity contribution in [2.24, 2.45) is 35.0 Å². The molecule has 0 aromatic carbocycles. The summed E-state index contributed by atoms with van der Waals surface area (Å²) in [4.78, 5) is 0. The Bertz CT molecular complexity index is 363. The Hall–Kier alpha value is -0.0400. The lowest BCUT2D eigenvalue weighted by molar-refractivity contribution is 0.0944. The third kappa shape index (κ3) is 2.25. The maximum Gasteiger partial charge on any atom is 0.00130 e. The van der Waals surface area contributed by atoms with Crippen LogP contribution in [0.5, 0.6) is 0 Å². The lowest BCUT2D eigenvalue weighted by atomic mass is 9.65. The molecule has 1 nitrogen and oxygen atoms in total. The van der Waals surface area contributed by atoms with Gasteiger partial charge in [-0.2, -0.15) is 0 Å². The molecule has 0 spiro atoms. The fraction of sp³-hybridized carbons (Fsp3) is 1.00. The van der Waals surface area contributed by atoms with Crippen molar-refractivity contribution in [1.29, 1.82) is 0 Å². The van der Waals surface area contributed by atoms with Gasteiger partial charge in [-0.05, 0) is 80.0 Å². The molecule has 0 aliphatic heterocycles. The molecule has 6 unspecified atom stereocenters. The molecule has 0 radical (unpaired) electrons. The molecular formula is C19H33N. The molecule has 6 atom stereocenters. The van der Waals surface area contributed by atoms with Crippen LogP contribution in [0, 0.1) is 35.0 Å². The highest BCUT2D eigenvalue weighted by Crippen LogP contribution is 2.61. The third-order valence-electron chi connectivity index (χ3n) is 7.52. The van der Waals surface area contributed by atoms with E-state index in [2.05, 4.69) is 19.2 Å². The molecular weight excluding hydrogens is 242 g/mol. The van der Waals surface area contributed by atoms with Gasteiger partial charge < -0.3 is 5.32 Å². The van der Waals surface area contributed by atoms with Crippen LogP contribution in [-0.2, 0) is 0 Å². The predicted octanol–water partition coefficient (Wildman–Crippen LogP) is 4.62. The minimum Gasteiger partial charge on any atom is -0.314 e. The molecule has 114 valence electrons. The summed E-state index contributed by atoms with van der Waals surface area (Å²) < 4.78 is 0. The fourth-order valence-electron chi connectivity index (χ4n) is 6.65. The van der Waals surface area contributed by atoms with Crippen molar-refractivity contribution in [1.82, 2.24) is 5.32 Å². The van der Waals surface area contributed by atoms with Crippen molar-refractivity contribution in [3.8, 4) is 0 Å². The lowest BCUT2D eigenvalue weighted by Crippen LogP contribution is -2.43. The SMILES string of the molecule is CC(C)NCC1(CC2CC3CCC2C3)CC2CCC1C2. The van der Waals surface area contributed by atoms with E-state index in [4.69, 9.17) is 0 Å². The van der Waals surface area contributed by atoms with E-state index >= 15 is 0 Å². The molecule has 4 rings (SSSR count). The van der Waals surface area contributed by atoms with Gasteiger partial charge in [0, 0.05) is 12.6 Å². The van der Waals surface area contributed by atoms with Gasteiger partial charge in [0.2, 0.25) is 0 Å². The van der Waals surface area contributed by atoms with E-state index in [1.807, 2.05) is 0 Å². The quantitative estimate of drug-likeness (QED) is 0.772. The molecule has 0 aromatic rings. The van der Waals surface area contributed by atoms with Gasteiger partial charge in [0.25, 0.3) is 0 Å².